The van der Waals surface area contributed by atoms with Crippen LogP contribution in [0.5, 0.6) is 5.75 Å². The molecule has 1 atom stereocenters. The van der Waals surface area contributed by atoms with Gasteiger partial charge in [-0.05, 0) is 61.1 Å². The van der Waals surface area contributed by atoms with Crippen LogP contribution in [0.4, 0.5) is 19.1 Å². The molecule has 1 N–H and O–H groups in total. The Morgan fingerprint density at radius 3 is 2.56 bits per heavy atom. The molecule has 2 heterocycles. The molecule has 0 amide bonds. The zero-order valence-corrected chi connectivity index (χ0v) is 20.4. The first-order valence-corrected chi connectivity index (χ1v) is 12.9. The number of nitrogens with zero attached hydrogens (tertiary/aromatic N) is 2. The number of benzene rings is 2. The Bertz CT molecular complexity index is 1300. The Labute approximate surface area is 207 Å². The van der Waals surface area contributed by atoms with E-state index in [0.717, 1.165) is 23.6 Å². The van der Waals surface area contributed by atoms with Crippen LogP contribution in [0.2, 0.25) is 0 Å². The van der Waals surface area contributed by atoms with E-state index in [1.807, 2.05) is 0 Å². The number of fused-ring (bicyclic) bond motifs is 1. The molecule has 0 radical (unpaired) electrons. The summed E-state index contributed by atoms with van der Waals surface area (Å²) in [5.74, 6) is 0.0980. The summed E-state index contributed by atoms with van der Waals surface area (Å²) in [6.45, 7) is 0.842. The van der Waals surface area contributed by atoms with Gasteiger partial charge in [0.05, 0.1) is 17.1 Å². The Morgan fingerprint density at radius 2 is 1.83 bits per heavy atom. The van der Waals surface area contributed by atoms with Crippen molar-refractivity contribution >= 4 is 16.0 Å². The van der Waals surface area contributed by atoms with Crippen LogP contribution in [0, 0.1) is 0 Å². The Balaban J connectivity index is 1.66. The number of hydrogen-bond acceptors (Lipinski definition) is 6. The van der Waals surface area contributed by atoms with Gasteiger partial charge in [0.15, 0.2) is 0 Å². The lowest BCUT2D eigenvalue weighted by molar-refractivity contribution is -0.137. The van der Waals surface area contributed by atoms with Crippen molar-refractivity contribution in [1.82, 2.24) is 9.97 Å². The van der Waals surface area contributed by atoms with Crippen LogP contribution in [-0.2, 0) is 27.4 Å². The average molecular weight is 522 g/mol. The third kappa shape index (κ3) is 5.96. The fourth-order valence-electron chi connectivity index (χ4n) is 4.29. The number of aryl methyl sites for hydroxylation is 1. The van der Waals surface area contributed by atoms with Crippen molar-refractivity contribution < 1.29 is 31.1 Å². The highest BCUT2D eigenvalue weighted by atomic mass is 32.2. The smallest absolute Gasteiger partial charge is 0.416 e. The molecule has 0 fully saturated rings. The molecule has 7 nitrogen and oxygen atoms in total. The molecule has 1 aliphatic rings. The summed E-state index contributed by atoms with van der Waals surface area (Å²) in [4.78, 5) is 7.73. The minimum atomic E-state index is -4.44. The van der Waals surface area contributed by atoms with Crippen molar-refractivity contribution in [2.24, 2.45) is 0 Å². The SMILES string of the molecule is COCCCCc1cc(C(F)(F)F)ccc1[C@H]1CCOc2cc(S(=O)(=O)Nc3ncccn3)ccc21. The highest BCUT2D eigenvalue weighted by molar-refractivity contribution is 7.92. The summed E-state index contributed by atoms with van der Waals surface area (Å²) in [5, 5.41) is 0. The molecule has 1 aromatic heterocycles. The molecular weight excluding hydrogens is 495 g/mol. The molecule has 2 aromatic carbocycles. The highest BCUT2D eigenvalue weighted by Gasteiger charge is 2.33. The number of ether oxygens (including phenoxy) is 2. The van der Waals surface area contributed by atoms with Crippen LogP contribution in [0.1, 0.15) is 47.4 Å². The molecule has 192 valence electrons. The molecule has 0 aliphatic carbocycles. The van der Waals surface area contributed by atoms with E-state index in [0.29, 0.717) is 43.8 Å². The molecular formula is C25H26F3N3O4S. The maximum atomic E-state index is 13.4. The van der Waals surface area contributed by atoms with E-state index < -0.39 is 21.8 Å². The largest absolute Gasteiger partial charge is 0.493 e. The highest BCUT2D eigenvalue weighted by Crippen LogP contribution is 2.42. The van der Waals surface area contributed by atoms with Gasteiger partial charge >= 0.3 is 6.18 Å². The average Bonchev–Trinajstić information content (AvgIpc) is 2.85. The second kappa shape index (κ2) is 10.8. The van der Waals surface area contributed by atoms with E-state index in [2.05, 4.69) is 14.7 Å². The van der Waals surface area contributed by atoms with Crippen LogP contribution < -0.4 is 9.46 Å². The number of hydrogen-bond donors (Lipinski definition) is 1. The van der Waals surface area contributed by atoms with Crippen molar-refractivity contribution in [3.05, 3.63) is 77.1 Å². The molecule has 0 bridgehead atoms. The predicted octanol–water partition coefficient (Wildman–Crippen LogP) is 5.18. The van der Waals surface area contributed by atoms with Gasteiger partial charge in [0.25, 0.3) is 10.0 Å². The van der Waals surface area contributed by atoms with E-state index in [1.54, 1.807) is 19.2 Å². The van der Waals surface area contributed by atoms with E-state index in [9.17, 15) is 21.6 Å². The number of nitrogens with one attached hydrogen (secondary N) is 1. The minimum absolute atomic E-state index is 0.0263. The quantitative estimate of drug-likeness (QED) is 0.390. The maximum absolute atomic E-state index is 13.4. The second-order valence-electron chi connectivity index (χ2n) is 8.43. The Hall–Kier alpha value is -3.18. The summed E-state index contributed by atoms with van der Waals surface area (Å²) in [7, 11) is -2.38. The summed E-state index contributed by atoms with van der Waals surface area (Å²) >= 11 is 0. The number of alkyl halides is 3. The van der Waals surface area contributed by atoms with Crippen molar-refractivity contribution in [1.29, 1.82) is 0 Å². The van der Waals surface area contributed by atoms with E-state index >= 15 is 0 Å². The lowest BCUT2D eigenvalue weighted by Crippen LogP contribution is -2.19. The first-order valence-electron chi connectivity index (χ1n) is 11.4. The number of anilines is 1. The molecule has 4 rings (SSSR count). The first kappa shape index (κ1) is 25.9. The fourth-order valence-corrected chi connectivity index (χ4v) is 5.26. The van der Waals surface area contributed by atoms with Crippen LogP contribution in [0.25, 0.3) is 0 Å². The zero-order valence-electron chi connectivity index (χ0n) is 19.6. The van der Waals surface area contributed by atoms with E-state index in [1.165, 1.54) is 36.7 Å². The standard InChI is InChI=1S/C25H26F3N3O4S/c1-34-13-3-2-5-17-15-18(25(26,27)28)6-8-20(17)21-10-14-35-23-16-19(7-9-22(21)23)36(32,33)31-24-29-11-4-12-30-24/h4,6-9,11-12,15-16,21H,2-3,5,10,13-14H2,1H3,(H,29,30,31)/t21-/m1/s1. The van der Waals surface area contributed by atoms with Crippen molar-refractivity contribution in [3.63, 3.8) is 0 Å². The van der Waals surface area contributed by atoms with Gasteiger partial charge in [0.1, 0.15) is 5.75 Å². The lowest BCUT2D eigenvalue weighted by Gasteiger charge is -2.29. The van der Waals surface area contributed by atoms with Crippen molar-refractivity contribution in [3.8, 4) is 5.75 Å². The molecule has 11 heteroatoms. The first-order chi connectivity index (χ1) is 17.2. The molecule has 36 heavy (non-hydrogen) atoms. The van der Waals surface area contributed by atoms with Gasteiger partial charge in [-0.1, -0.05) is 12.1 Å². The third-order valence-electron chi connectivity index (χ3n) is 6.02. The Morgan fingerprint density at radius 1 is 1.08 bits per heavy atom. The lowest BCUT2D eigenvalue weighted by atomic mass is 9.82. The molecule has 0 saturated heterocycles. The van der Waals surface area contributed by atoms with Crippen molar-refractivity contribution in [2.45, 2.75) is 42.7 Å². The fraction of sp³-hybridized carbons (Fsp3) is 0.360. The molecule has 3 aromatic rings. The topological polar surface area (TPSA) is 90.4 Å². The van der Waals surface area contributed by atoms with Crippen LogP contribution in [0.15, 0.2) is 59.8 Å². The number of sulfonamides is 1. The van der Waals surface area contributed by atoms with Gasteiger partial charge < -0.3 is 9.47 Å². The number of rotatable bonds is 9. The third-order valence-corrected chi connectivity index (χ3v) is 7.34. The van der Waals surface area contributed by atoms with E-state index in [4.69, 9.17) is 9.47 Å². The van der Waals surface area contributed by atoms with Crippen LogP contribution in [-0.4, -0.2) is 38.7 Å². The minimum Gasteiger partial charge on any atom is -0.493 e. The van der Waals surface area contributed by atoms with Gasteiger partial charge in [-0.25, -0.2) is 23.1 Å². The normalized spacial score (nSPS) is 15.7. The number of halogens is 3. The number of methoxy groups -OCH3 is 1. The summed E-state index contributed by atoms with van der Waals surface area (Å²) in [5.41, 5.74) is 1.46. The predicted molar refractivity (Wildman–Crippen MR) is 127 cm³/mol. The van der Waals surface area contributed by atoms with Gasteiger partial charge in [-0.2, -0.15) is 13.2 Å². The molecule has 1 aliphatic heterocycles. The van der Waals surface area contributed by atoms with Crippen LogP contribution in [0.3, 0.4) is 0 Å². The number of unbranched alkanes of at least 4 members (excludes halogenated alkanes) is 1. The second-order valence-corrected chi connectivity index (χ2v) is 10.1. The Kier molecular flexibility index (Phi) is 7.79. The summed E-state index contributed by atoms with van der Waals surface area (Å²) in [6.07, 6.45) is 0.851. The molecule has 0 saturated carbocycles. The summed E-state index contributed by atoms with van der Waals surface area (Å²) in [6, 6.07) is 9.96. The summed E-state index contributed by atoms with van der Waals surface area (Å²) < 4.78 is 79.1. The monoisotopic (exact) mass is 521 g/mol. The zero-order chi connectivity index (χ0) is 25.8. The number of aromatic nitrogens is 2. The molecule has 0 spiro atoms. The molecule has 0 unspecified atom stereocenters. The van der Waals surface area contributed by atoms with Crippen LogP contribution >= 0.6 is 0 Å². The van der Waals surface area contributed by atoms with Gasteiger partial charge in [-0.15, -0.1) is 0 Å². The van der Waals surface area contributed by atoms with Gasteiger partial charge in [0, 0.05) is 43.7 Å². The maximum Gasteiger partial charge on any atom is 0.416 e. The van der Waals surface area contributed by atoms with Crippen molar-refractivity contribution in [2.75, 3.05) is 25.0 Å². The van der Waals surface area contributed by atoms with Gasteiger partial charge in [-0.3, -0.25) is 0 Å². The van der Waals surface area contributed by atoms with Gasteiger partial charge in [0.2, 0.25) is 5.95 Å². The van der Waals surface area contributed by atoms with E-state index in [-0.39, 0.29) is 16.8 Å².